The number of carboxylic acid groups (broad SMARTS) is 1. The molecule has 0 saturated heterocycles. The second kappa shape index (κ2) is 7.76. The van der Waals surface area contributed by atoms with Crippen LogP contribution in [0.15, 0.2) is 11.6 Å². The fourth-order valence-corrected chi connectivity index (χ4v) is 0.884. The third-order valence-corrected chi connectivity index (χ3v) is 1.66. The van der Waals surface area contributed by atoms with Crippen molar-refractivity contribution in [3.8, 4) is 0 Å². The molecule has 0 fully saturated rings. The molecule has 76 valence electrons. The van der Waals surface area contributed by atoms with Crippen molar-refractivity contribution in [2.24, 2.45) is 0 Å². The fraction of sp³-hybridized carbons (Fsp3) is 0.667. The van der Waals surface area contributed by atoms with Crippen LogP contribution in [-0.2, 0) is 4.79 Å². The zero-order valence-electron chi connectivity index (χ0n) is 7.92. The molecule has 0 aliphatic heterocycles. The number of aliphatic hydroxyl groups excluding tert-OH is 1. The Kier molecular flexibility index (Phi) is 7.24. The molecule has 0 aromatic carbocycles. The molecule has 0 rings (SSSR count). The summed E-state index contributed by atoms with van der Waals surface area (Å²) in [6.07, 6.45) is 2.90. The predicted octanol–water partition coefficient (Wildman–Crippen LogP) is 0.379. The van der Waals surface area contributed by atoms with Gasteiger partial charge in [-0.2, -0.15) is 0 Å². The molecule has 0 heterocycles. The third kappa shape index (κ3) is 6.31. The third-order valence-electron chi connectivity index (χ3n) is 1.66. The van der Waals surface area contributed by atoms with Gasteiger partial charge in [0.2, 0.25) is 0 Å². The molecular weight excluding hydrogens is 170 g/mol. The minimum absolute atomic E-state index is 0.163. The molecule has 4 heteroatoms. The maximum atomic E-state index is 10.5. The van der Waals surface area contributed by atoms with Gasteiger partial charge >= 0.3 is 5.97 Å². The van der Waals surface area contributed by atoms with Gasteiger partial charge in [0.15, 0.2) is 0 Å². The van der Waals surface area contributed by atoms with Gasteiger partial charge in [0.25, 0.3) is 0 Å². The molecule has 0 amide bonds. The van der Waals surface area contributed by atoms with Crippen LogP contribution in [0.5, 0.6) is 0 Å². The Balaban J connectivity index is 3.61. The summed E-state index contributed by atoms with van der Waals surface area (Å²) in [4.78, 5) is 10.5. The van der Waals surface area contributed by atoms with E-state index in [1.807, 2.05) is 6.92 Å². The van der Waals surface area contributed by atoms with Crippen LogP contribution in [0.3, 0.4) is 0 Å². The molecule has 0 aromatic rings. The quantitative estimate of drug-likeness (QED) is 0.398. The maximum absolute atomic E-state index is 10.5. The molecule has 0 unspecified atom stereocenters. The Bertz CT molecular complexity index is 178. The number of carboxylic acids is 1. The lowest BCUT2D eigenvalue weighted by atomic mass is 10.2. The summed E-state index contributed by atoms with van der Waals surface area (Å²) in [5.41, 5.74) is 0.427. The van der Waals surface area contributed by atoms with Gasteiger partial charge in [0.05, 0.1) is 0 Å². The van der Waals surface area contributed by atoms with Crippen molar-refractivity contribution < 1.29 is 15.0 Å². The standard InChI is InChI=1S/C9H17NO3/c1-2-8(9(12)13)4-6-10-5-3-7-11/h4,10-11H,2-3,5-7H2,1H3,(H,12,13). The topological polar surface area (TPSA) is 69.6 Å². The van der Waals surface area contributed by atoms with Crippen molar-refractivity contribution in [2.75, 3.05) is 19.7 Å². The predicted molar refractivity (Wildman–Crippen MR) is 50.6 cm³/mol. The van der Waals surface area contributed by atoms with Crippen LogP contribution in [0.25, 0.3) is 0 Å². The van der Waals surface area contributed by atoms with Gasteiger partial charge in [-0.15, -0.1) is 0 Å². The zero-order chi connectivity index (χ0) is 10.1. The Morgan fingerprint density at radius 2 is 2.23 bits per heavy atom. The first-order valence-corrected chi connectivity index (χ1v) is 4.46. The van der Waals surface area contributed by atoms with E-state index in [4.69, 9.17) is 10.2 Å². The van der Waals surface area contributed by atoms with Gasteiger partial charge in [-0.25, -0.2) is 4.79 Å². The van der Waals surface area contributed by atoms with E-state index < -0.39 is 5.97 Å². The molecule has 4 nitrogen and oxygen atoms in total. The molecule has 0 spiro atoms. The molecule has 0 aliphatic carbocycles. The molecule has 13 heavy (non-hydrogen) atoms. The van der Waals surface area contributed by atoms with Crippen molar-refractivity contribution in [1.82, 2.24) is 5.32 Å². The second-order valence-electron chi connectivity index (χ2n) is 2.67. The van der Waals surface area contributed by atoms with E-state index in [-0.39, 0.29) is 6.61 Å². The van der Waals surface area contributed by atoms with E-state index in [9.17, 15) is 4.79 Å². The number of carbonyl (C=O) groups is 1. The van der Waals surface area contributed by atoms with E-state index in [0.717, 1.165) is 0 Å². The number of aliphatic carboxylic acids is 1. The summed E-state index contributed by atoms with van der Waals surface area (Å²) in [5, 5.41) is 20.1. The van der Waals surface area contributed by atoms with Gasteiger partial charge in [0.1, 0.15) is 0 Å². The summed E-state index contributed by atoms with van der Waals surface area (Å²) in [6, 6.07) is 0. The highest BCUT2D eigenvalue weighted by molar-refractivity contribution is 5.86. The number of hydrogen-bond acceptors (Lipinski definition) is 3. The molecular formula is C9H17NO3. The van der Waals surface area contributed by atoms with Gasteiger partial charge in [-0.05, 0) is 19.4 Å². The number of hydrogen-bond donors (Lipinski definition) is 3. The molecule has 0 radical (unpaired) electrons. The summed E-state index contributed by atoms with van der Waals surface area (Å²) in [5.74, 6) is -0.855. The molecule has 0 bridgehead atoms. The van der Waals surface area contributed by atoms with Gasteiger partial charge in [-0.3, -0.25) is 0 Å². The first kappa shape index (κ1) is 12.1. The fourth-order valence-electron chi connectivity index (χ4n) is 0.884. The van der Waals surface area contributed by atoms with Crippen molar-refractivity contribution in [2.45, 2.75) is 19.8 Å². The van der Waals surface area contributed by atoms with E-state index in [1.54, 1.807) is 6.08 Å². The van der Waals surface area contributed by atoms with Crippen molar-refractivity contribution >= 4 is 5.97 Å². The van der Waals surface area contributed by atoms with Gasteiger partial charge in [-0.1, -0.05) is 13.0 Å². The molecule has 0 aromatic heterocycles. The Morgan fingerprint density at radius 1 is 1.54 bits per heavy atom. The molecule has 0 atom stereocenters. The number of aliphatic hydroxyl groups is 1. The average molecular weight is 187 g/mol. The number of nitrogens with one attached hydrogen (secondary N) is 1. The summed E-state index contributed by atoms with van der Waals surface area (Å²) < 4.78 is 0. The van der Waals surface area contributed by atoms with Crippen LogP contribution in [-0.4, -0.2) is 35.9 Å². The van der Waals surface area contributed by atoms with Crippen LogP contribution in [0.1, 0.15) is 19.8 Å². The van der Waals surface area contributed by atoms with Crippen LogP contribution >= 0.6 is 0 Å². The van der Waals surface area contributed by atoms with Crippen molar-refractivity contribution in [3.05, 3.63) is 11.6 Å². The van der Waals surface area contributed by atoms with E-state index in [0.29, 0.717) is 31.5 Å². The lowest BCUT2D eigenvalue weighted by molar-refractivity contribution is -0.132. The summed E-state index contributed by atoms with van der Waals surface area (Å²) in [6.45, 7) is 3.24. The van der Waals surface area contributed by atoms with Crippen LogP contribution in [0.4, 0.5) is 0 Å². The largest absolute Gasteiger partial charge is 0.478 e. The highest BCUT2D eigenvalue weighted by atomic mass is 16.4. The Morgan fingerprint density at radius 3 is 2.69 bits per heavy atom. The molecule has 0 aliphatic rings. The van der Waals surface area contributed by atoms with Crippen LogP contribution < -0.4 is 5.32 Å². The smallest absolute Gasteiger partial charge is 0.331 e. The first-order chi connectivity index (χ1) is 6.22. The summed E-state index contributed by atoms with van der Waals surface area (Å²) >= 11 is 0. The van der Waals surface area contributed by atoms with Gasteiger partial charge in [0, 0.05) is 18.7 Å². The minimum Gasteiger partial charge on any atom is -0.478 e. The van der Waals surface area contributed by atoms with Gasteiger partial charge < -0.3 is 15.5 Å². The number of rotatable bonds is 7. The average Bonchev–Trinajstić information content (AvgIpc) is 2.10. The molecule has 3 N–H and O–H groups in total. The first-order valence-electron chi connectivity index (χ1n) is 4.46. The second-order valence-corrected chi connectivity index (χ2v) is 2.67. The van der Waals surface area contributed by atoms with Crippen LogP contribution in [0, 0.1) is 0 Å². The SMILES string of the molecule is CCC(=CCNCCCO)C(=O)O. The Hall–Kier alpha value is -0.870. The highest BCUT2D eigenvalue weighted by Crippen LogP contribution is 1.98. The molecule has 0 saturated carbocycles. The maximum Gasteiger partial charge on any atom is 0.331 e. The minimum atomic E-state index is -0.855. The van der Waals surface area contributed by atoms with Crippen LogP contribution in [0.2, 0.25) is 0 Å². The lowest BCUT2D eigenvalue weighted by Gasteiger charge is -2.00. The lowest BCUT2D eigenvalue weighted by Crippen LogP contribution is -2.17. The Labute approximate surface area is 78.3 Å². The zero-order valence-corrected chi connectivity index (χ0v) is 7.92. The monoisotopic (exact) mass is 187 g/mol. The normalized spacial score (nSPS) is 11.7. The van der Waals surface area contributed by atoms with Crippen molar-refractivity contribution in [1.29, 1.82) is 0 Å². The van der Waals surface area contributed by atoms with E-state index >= 15 is 0 Å². The van der Waals surface area contributed by atoms with Crippen molar-refractivity contribution in [3.63, 3.8) is 0 Å². The highest BCUT2D eigenvalue weighted by Gasteiger charge is 2.01. The van der Waals surface area contributed by atoms with E-state index in [2.05, 4.69) is 5.32 Å². The van der Waals surface area contributed by atoms with E-state index in [1.165, 1.54) is 0 Å². The summed E-state index contributed by atoms with van der Waals surface area (Å²) in [7, 11) is 0.